The van der Waals surface area contributed by atoms with Crippen LogP contribution >= 0.6 is 0 Å². The molecule has 3 rings (SSSR count). The van der Waals surface area contributed by atoms with Gasteiger partial charge in [0, 0.05) is 19.5 Å². The van der Waals surface area contributed by atoms with E-state index in [4.69, 9.17) is 4.74 Å². The molecule has 0 saturated heterocycles. The number of hydrogen-bond donors (Lipinski definition) is 1. The smallest absolute Gasteiger partial charge is 0.260 e. The van der Waals surface area contributed by atoms with E-state index in [0.29, 0.717) is 17.1 Å². The molecule has 0 radical (unpaired) electrons. The summed E-state index contributed by atoms with van der Waals surface area (Å²) >= 11 is 0. The molecule has 1 aliphatic heterocycles. The van der Waals surface area contributed by atoms with Gasteiger partial charge in [0.15, 0.2) is 6.61 Å². The van der Waals surface area contributed by atoms with Crippen molar-refractivity contribution in [3.63, 3.8) is 0 Å². The van der Waals surface area contributed by atoms with Gasteiger partial charge in [0.25, 0.3) is 5.91 Å². The zero-order valence-corrected chi connectivity index (χ0v) is 16.2. The Kier molecular flexibility index (Phi) is 6.11. The van der Waals surface area contributed by atoms with Gasteiger partial charge in [0.2, 0.25) is 11.8 Å². The summed E-state index contributed by atoms with van der Waals surface area (Å²) in [6, 6.07) is 12.0. The van der Waals surface area contributed by atoms with E-state index in [0.717, 1.165) is 0 Å². The number of nitrogens with one attached hydrogen (secondary N) is 1. The second kappa shape index (κ2) is 8.72. The van der Waals surface area contributed by atoms with Crippen LogP contribution in [0.5, 0.6) is 5.75 Å². The van der Waals surface area contributed by atoms with E-state index in [9.17, 15) is 18.8 Å². The molecule has 1 N–H and O–H groups in total. The lowest BCUT2D eigenvalue weighted by atomic mass is 10.1. The third-order valence-corrected chi connectivity index (χ3v) is 4.60. The molecule has 7 nitrogen and oxygen atoms in total. The monoisotopic (exact) mass is 399 g/mol. The van der Waals surface area contributed by atoms with Crippen LogP contribution < -0.4 is 15.0 Å². The molecule has 1 heterocycles. The molecule has 152 valence electrons. The number of benzene rings is 2. The summed E-state index contributed by atoms with van der Waals surface area (Å²) in [6.45, 7) is 1.35. The zero-order chi connectivity index (χ0) is 21.0. The fraction of sp³-hybridized carbons (Fsp3) is 0.286. The van der Waals surface area contributed by atoms with Crippen LogP contribution in [0.15, 0.2) is 48.5 Å². The first-order valence-corrected chi connectivity index (χ1v) is 9.18. The molecule has 1 atom stereocenters. The summed E-state index contributed by atoms with van der Waals surface area (Å²) < 4.78 is 18.3. The third-order valence-electron chi connectivity index (χ3n) is 4.60. The van der Waals surface area contributed by atoms with Gasteiger partial charge in [-0.15, -0.1) is 0 Å². The molecule has 0 aromatic heterocycles. The van der Waals surface area contributed by atoms with Crippen molar-refractivity contribution in [2.24, 2.45) is 0 Å². The molecule has 0 bridgehead atoms. The number of amides is 3. The maximum atomic E-state index is 13.0. The van der Waals surface area contributed by atoms with Crippen molar-refractivity contribution in [3.05, 3.63) is 54.3 Å². The average Bonchev–Trinajstić information content (AvgIpc) is 2.81. The molecule has 0 saturated carbocycles. The summed E-state index contributed by atoms with van der Waals surface area (Å²) in [5.74, 6) is -0.908. The van der Waals surface area contributed by atoms with Crippen molar-refractivity contribution in [3.8, 4) is 5.75 Å². The predicted octanol–water partition coefficient (Wildman–Crippen LogP) is 2.43. The maximum absolute atomic E-state index is 13.0. The number of hydrogen-bond acceptors (Lipinski definition) is 4. The molecule has 2 aromatic rings. The molecular weight excluding hydrogens is 377 g/mol. The highest BCUT2D eigenvalue weighted by Gasteiger charge is 2.30. The molecule has 0 spiro atoms. The largest absolute Gasteiger partial charge is 0.484 e. The summed E-state index contributed by atoms with van der Waals surface area (Å²) in [4.78, 5) is 40.2. The summed E-state index contributed by atoms with van der Waals surface area (Å²) in [5.41, 5.74) is 1.16. The second-order valence-electron chi connectivity index (χ2n) is 6.87. The Labute approximate surface area is 168 Å². The molecule has 0 unspecified atom stereocenters. The van der Waals surface area contributed by atoms with Gasteiger partial charge in [-0.1, -0.05) is 12.1 Å². The quantitative estimate of drug-likeness (QED) is 0.838. The Morgan fingerprint density at radius 1 is 1.21 bits per heavy atom. The van der Waals surface area contributed by atoms with Gasteiger partial charge in [-0.05, 0) is 43.3 Å². The fourth-order valence-corrected chi connectivity index (χ4v) is 3.12. The molecule has 2 aromatic carbocycles. The molecule has 3 amide bonds. The third kappa shape index (κ3) is 4.90. The number of anilines is 2. The summed E-state index contributed by atoms with van der Waals surface area (Å²) in [6.07, 6.45) is 0.158. The number of ether oxygens (including phenoxy) is 1. The van der Waals surface area contributed by atoms with Crippen LogP contribution in [0.4, 0.5) is 15.8 Å². The van der Waals surface area contributed by atoms with Crippen LogP contribution in [0.25, 0.3) is 0 Å². The topological polar surface area (TPSA) is 79.0 Å². The van der Waals surface area contributed by atoms with E-state index in [1.54, 1.807) is 31.2 Å². The molecular formula is C21H22FN3O4. The lowest BCUT2D eigenvalue weighted by molar-refractivity contribution is -0.135. The van der Waals surface area contributed by atoms with Gasteiger partial charge in [0.1, 0.15) is 11.6 Å². The zero-order valence-electron chi connectivity index (χ0n) is 16.2. The minimum absolute atomic E-state index is 0.158. The van der Waals surface area contributed by atoms with Crippen molar-refractivity contribution in [2.75, 3.05) is 30.4 Å². The van der Waals surface area contributed by atoms with Crippen LogP contribution in [-0.4, -0.2) is 48.9 Å². The highest BCUT2D eigenvalue weighted by atomic mass is 19.1. The predicted molar refractivity (Wildman–Crippen MR) is 106 cm³/mol. The minimum Gasteiger partial charge on any atom is -0.484 e. The number of carbonyl (C=O) groups excluding carboxylic acids is 3. The number of likely N-dealkylation sites (N-methyl/N-ethyl adjacent to an activating group) is 1. The van der Waals surface area contributed by atoms with Crippen molar-refractivity contribution in [1.29, 1.82) is 0 Å². The minimum atomic E-state index is -0.397. The van der Waals surface area contributed by atoms with Gasteiger partial charge in [-0.3, -0.25) is 14.4 Å². The Morgan fingerprint density at radius 2 is 1.90 bits per heavy atom. The van der Waals surface area contributed by atoms with Crippen LogP contribution in [0.1, 0.15) is 13.3 Å². The van der Waals surface area contributed by atoms with Crippen molar-refractivity contribution < 1.29 is 23.5 Å². The number of fused-ring (bicyclic) bond motifs is 1. The maximum Gasteiger partial charge on any atom is 0.260 e. The van der Waals surface area contributed by atoms with E-state index < -0.39 is 11.7 Å². The molecule has 0 fully saturated rings. The summed E-state index contributed by atoms with van der Waals surface area (Å²) in [7, 11) is 1.51. The van der Waals surface area contributed by atoms with Crippen molar-refractivity contribution >= 4 is 29.1 Å². The molecule has 1 aliphatic rings. The first-order chi connectivity index (χ1) is 13.8. The SMILES string of the molecule is C[C@H]1CC(=O)Nc2ccccc2N1C(=O)CN(C)C(=O)COc1ccc(F)cc1. The second-order valence-corrected chi connectivity index (χ2v) is 6.87. The van der Waals surface area contributed by atoms with Gasteiger partial charge in [-0.25, -0.2) is 4.39 Å². The number of halogens is 1. The lowest BCUT2D eigenvalue weighted by Gasteiger charge is -2.29. The molecule has 29 heavy (non-hydrogen) atoms. The van der Waals surface area contributed by atoms with E-state index in [1.165, 1.54) is 41.1 Å². The normalized spacial score (nSPS) is 15.8. The molecule has 0 aliphatic carbocycles. The van der Waals surface area contributed by atoms with E-state index >= 15 is 0 Å². The molecule has 8 heteroatoms. The van der Waals surface area contributed by atoms with Gasteiger partial charge in [0.05, 0.1) is 17.9 Å². The number of rotatable bonds is 5. The lowest BCUT2D eigenvalue weighted by Crippen LogP contribution is -2.46. The van der Waals surface area contributed by atoms with Gasteiger partial charge in [-0.2, -0.15) is 0 Å². The Morgan fingerprint density at radius 3 is 2.62 bits per heavy atom. The van der Waals surface area contributed by atoms with Crippen LogP contribution in [0, 0.1) is 5.82 Å². The summed E-state index contributed by atoms with van der Waals surface area (Å²) in [5, 5.41) is 2.80. The highest BCUT2D eigenvalue weighted by molar-refractivity contribution is 6.05. The van der Waals surface area contributed by atoms with Crippen LogP contribution in [-0.2, 0) is 14.4 Å². The van der Waals surface area contributed by atoms with Crippen molar-refractivity contribution in [2.45, 2.75) is 19.4 Å². The number of carbonyl (C=O) groups is 3. The van der Waals surface area contributed by atoms with E-state index in [1.807, 2.05) is 0 Å². The number of para-hydroxylation sites is 2. The fourth-order valence-electron chi connectivity index (χ4n) is 3.12. The van der Waals surface area contributed by atoms with Gasteiger partial charge < -0.3 is 19.9 Å². The van der Waals surface area contributed by atoms with Crippen molar-refractivity contribution in [1.82, 2.24) is 4.90 Å². The number of nitrogens with zero attached hydrogens (tertiary/aromatic N) is 2. The first kappa shape index (κ1) is 20.3. The van der Waals surface area contributed by atoms with E-state index in [-0.39, 0.29) is 37.4 Å². The van der Waals surface area contributed by atoms with Gasteiger partial charge >= 0.3 is 0 Å². The standard InChI is InChI=1S/C21H22FN3O4/c1-14-11-19(26)23-17-5-3-4-6-18(17)25(14)20(27)12-24(2)21(28)13-29-16-9-7-15(22)8-10-16/h3-10,14H,11-13H2,1-2H3,(H,23,26)/t14-/m0/s1. The average molecular weight is 399 g/mol. The van der Waals surface area contributed by atoms with Crippen LogP contribution in [0.3, 0.4) is 0 Å². The Hall–Kier alpha value is -3.42. The first-order valence-electron chi connectivity index (χ1n) is 9.18. The van der Waals surface area contributed by atoms with Crippen LogP contribution in [0.2, 0.25) is 0 Å². The van der Waals surface area contributed by atoms with E-state index in [2.05, 4.69) is 5.32 Å². The Balaban J connectivity index is 1.65. The Bertz CT molecular complexity index is 916. The highest BCUT2D eigenvalue weighted by Crippen LogP contribution is 2.31.